The normalized spacial score (nSPS) is 27.0. The molecule has 1 aliphatic carbocycles. The Morgan fingerprint density at radius 3 is 2.61 bits per heavy atom. The maximum Gasteiger partial charge on any atom is 0.490 e. The summed E-state index contributed by atoms with van der Waals surface area (Å²) >= 11 is 1.75. The first-order valence-electron chi connectivity index (χ1n) is 9.22. The number of ether oxygens (including phenoxy) is 1. The molecule has 0 unspecified atom stereocenters. The minimum atomic E-state index is -5.08. The molecular formula is C18H23F3N2O4S. The zero-order chi connectivity index (χ0) is 20.3. The Kier molecular flexibility index (Phi) is 6.61. The molecule has 2 saturated heterocycles. The highest BCUT2D eigenvalue weighted by molar-refractivity contribution is 7.07. The predicted octanol–water partition coefficient (Wildman–Crippen LogP) is 2.64. The van der Waals surface area contributed by atoms with E-state index in [4.69, 9.17) is 14.6 Å². The van der Waals surface area contributed by atoms with Crippen LogP contribution in [-0.2, 0) is 20.9 Å². The van der Waals surface area contributed by atoms with Crippen molar-refractivity contribution >= 4 is 23.2 Å². The van der Waals surface area contributed by atoms with Gasteiger partial charge in [-0.1, -0.05) is 0 Å². The zero-order valence-corrected chi connectivity index (χ0v) is 16.0. The molecule has 3 atom stereocenters. The minimum absolute atomic E-state index is 0.104. The van der Waals surface area contributed by atoms with Crippen LogP contribution in [0.3, 0.4) is 0 Å². The van der Waals surface area contributed by atoms with Crippen LogP contribution in [0.5, 0.6) is 0 Å². The predicted molar refractivity (Wildman–Crippen MR) is 95.8 cm³/mol. The SMILES string of the molecule is O=C(NCC1CC1)[C@@H]1C[C@H]2[C@H](CCN2Cc2ccsc2)O1.O=C(O)C(F)(F)F. The molecule has 3 heterocycles. The number of nitrogens with one attached hydrogen (secondary N) is 1. The van der Waals surface area contributed by atoms with Crippen LogP contribution in [0.25, 0.3) is 0 Å². The van der Waals surface area contributed by atoms with E-state index in [2.05, 4.69) is 27.0 Å². The number of alkyl halides is 3. The number of carboxylic acid groups (broad SMARTS) is 1. The molecule has 1 saturated carbocycles. The van der Waals surface area contributed by atoms with Gasteiger partial charge in [0.05, 0.1) is 6.10 Å². The van der Waals surface area contributed by atoms with E-state index in [1.807, 2.05) is 0 Å². The van der Waals surface area contributed by atoms with E-state index in [0.717, 1.165) is 38.4 Å². The first-order chi connectivity index (χ1) is 13.2. The van der Waals surface area contributed by atoms with Gasteiger partial charge in [-0.25, -0.2) is 4.79 Å². The number of hydrogen-bond acceptors (Lipinski definition) is 5. The summed E-state index contributed by atoms with van der Waals surface area (Å²) < 4.78 is 37.7. The number of carbonyl (C=O) groups is 2. The van der Waals surface area contributed by atoms with Gasteiger partial charge in [-0.05, 0) is 47.6 Å². The molecule has 1 amide bonds. The number of fused-ring (bicyclic) bond motifs is 1. The van der Waals surface area contributed by atoms with Gasteiger partial charge in [0, 0.05) is 32.1 Å². The van der Waals surface area contributed by atoms with Crippen LogP contribution in [0, 0.1) is 5.92 Å². The van der Waals surface area contributed by atoms with Crippen molar-refractivity contribution in [2.45, 2.75) is 56.7 Å². The Balaban J connectivity index is 0.000000279. The van der Waals surface area contributed by atoms with Crippen LogP contribution in [0.1, 0.15) is 31.2 Å². The Bertz CT molecular complexity index is 679. The quantitative estimate of drug-likeness (QED) is 0.766. The maximum absolute atomic E-state index is 12.2. The van der Waals surface area contributed by atoms with E-state index in [0.29, 0.717) is 6.04 Å². The fraction of sp³-hybridized carbons (Fsp3) is 0.667. The van der Waals surface area contributed by atoms with Crippen molar-refractivity contribution in [3.8, 4) is 0 Å². The molecule has 6 nitrogen and oxygen atoms in total. The zero-order valence-electron chi connectivity index (χ0n) is 15.2. The third kappa shape index (κ3) is 5.68. The summed E-state index contributed by atoms with van der Waals surface area (Å²) in [5, 5.41) is 14.5. The molecule has 156 valence electrons. The second-order valence-corrected chi connectivity index (χ2v) is 8.13. The van der Waals surface area contributed by atoms with Crippen LogP contribution in [-0.4, -0.2) is 59.4 Å². The van der Waals surface area contributed by atoms with Crippen LogP contribution < -0.4 is 5.32 Å². The Morgan fingerprint density at radius 2 is 2.04 bits per heavy atom. The number of carbonyl (C=O) groups excluding carboxylic acids is 1. The lowest BCUT2D eigenvalue weighted by Crippen LogP contribution is -2.37. The number of halogens is 3. The lowest BCUT2D eigenvalue weighted by atomic mass is 10.1. The summed E-state index contributed by atoms with van der Waals surface area (Å²) in [7, 11) is 0. The van der Waals surface area contributed by atoms with Gasteiger partial charge in [0.15, 0.2) is 0 Å². The number of carboxylic acids is 1. The van der Waals surface area contributed by atoms with Crippen LogP contribution in [0.15, 0.2) is 16.8 Å². The summed E-state index contributed by atoms with van der Waals surface area (Å²) in [4.78, 5) is 23.6. The van der Waals surface area contributed by atoms with Gasteiger partial charge in [0.25, 0.3) is 0 Å². The first kappa shape index (κ1) is 21.1. The second kappa shape index (κ2) is 8.79. The van der Waals surface area contributed by atoms with Gasteiger partial charge in [0.2, 0.25) is 5.91 Å². The standard InChI is InChI=1S/C16H22N2O2S.C2HF3O2/c19-16(17-8-11-1-2-11)15-7-13-14(20-15)3-5-18(13)9-12-4-6-21-10-12;3-2(4,5)1(6)7/h4,6,10-11,13-15H,1-3,5,7-9H2,(H,17,19);(H,6,7)/t13-,14-,15-;/m0./s1. The molecule has 28 heavy (non-hydrogen) atoms. The Morgan fingerprint density at radius 1 is 1.32 bits per heavy atom. The van der Waals surface area contributed by atoms with Crippen molar-refractivity contribution in [3.63, 3.8) is 0 Å². The van der Waals surface area contributed by atoms with Gasteiger partial charge < -0.3 is 15.2 Å². The highest BCUT2D eigenvalue weighted by Crippen LogP contribution is 2.34. The van der Waals surface area contributed by atoms with Crippen molar-refractivity contribution in [3.05, 3.63) is 22.4 Å². The molecule has 2 aliphatic heterocycles. The molecule has 2 N–H and O–H groups in total. The minimum Gasteiger partial charge on any atom is -0.475 e. The molecule has 4 rings (SSSR count). The van der Waals surface area contributed by atoms with E-state index in [1.165, 1.54) is 18.4 Å². The second-order valence-electron chi connectivity index (χ2n) is 7.35. The van der Waals surface area contributed by atoms with E-state index in [-0.39, 0.29) is 18.1 Å². The van der Waals surface area contributed by atoms with Crippen molar-refractivity contribution in [1.82, 2.24) is 10.2 Å². The number of thiophene rings is 1. The van der Waals surface area contributed by atoms with Gasteiger partial charge in [0.1, 0.15) is 6.10 Å². The Hall–Kier alpha value is -1.65. The van der Waals surface area contributed by atoms with Crippen LogP contribution >= 0.6 is 11.3 Å². The molecule has 10 heteroatoms. The lowest BCUT2D eigenvalue weighted by molar-refractivity contribution is -0.192. The summed E-state index contributed by atoms with van der Waals surface area (Å²) in [5.41, 5.74) is 1.38. The summed E-state index contributed by atoms with van der Waals surface area (Å²) in [6.45, 7) is 2.92. The molecule has 3 aliphatic rings. The highest BCUT2D eigenvalue weighted by Gasteiger charge is 2.45. The summed E-state index contributed by atoms with van der Waals surface area (Å²) in [6, 6.07) is 2.61. The number of likely N-dealkylation sites (tertiary alicyclic amines) is 1. The van der Waals surface area contributed by atoms with Gasteiger partial charge in [-0.2, -0.15) is 24.5 Å². The van der Waals surface area contributed by atoms with Gasteiger partial charge in [-0.15, -0.1) is 0 Å². The molecular weight excluding hydrogens is 397 g/mol. The lowest BCUT2D eigenvalue weighted by Gasteiger charge is -2.22. The van der Waals surface area contributed by atoms with Crippen LogP contribution in [0.4, 0.5) is 13.2 Å². The number of aliphatic carboxylic acids is 1. The van der Waals surface area contributed by atoms with Gasteiger partial charge >= 0.3 is 12.1 Å². The van der Waals surface area contributed by atoms with Crippen molar-refractivity contribution in [2.24, 2.45) is 5.92 Å². The van der Waals surface area contributed by atoms with E-state index in [1.54, 1.807) is 11.3 Å². The van der Waals surface area contributed by atoms with E-state index >= 15 is 0 Å². The first-order valence-corrected chi connectivity index (χ1v) is 10.2. The average Bonchev–Trinajstić information content (AvgIpc) is 3.01. The molecule has 3 fully saturated rings. The van der Waals surface area contributed by atoms with E-state index in [9.17, 15) is 18.0 Å². The number of rotatable bonds is 5. The number of amides is 1. The van der Waals surface area contributed by atoms with E-state index < -0.39 is 12.1 Å². The smallest absolute Gasteiger partial charge is 0.475 e. The fourth-order valence-corrected chi connectivity index (χ4v) is 4.15. The largest absolute Gasteiger partial charge is 0.490 e. The highest BCUT2D eigenvalue weighted by atomic mass is 32.1. The molecule has 0 radical (unpaired) electrons. The molecule has 1 aromatic heterocycles. The van der Waals surface area contributed by atoms with Crippen molar-refractivity contribution in [2.75, 3.05) is 13.1 Å². The number of hydrogen-bond donors (Lipinski definition) is 2. The van der Waals surface area contributed by atoms with Gasteiger partial charge in [-0.3, -0.25) is 9.69 Å². The topological polar surface area (TPSA) is 78.9 Å². The number of nitrogens with zero attached hydrogens (tertiary/aromatic N) is 1. The molecule has 0 spiro atoms. The monoisotopic (exact) mass is 420 g/mol. The third-order valence-electron chi connectivity index (χ3n) is 5.16. The molecule has 1 aromatic rings. The molecule has 0 aromatic carbocycles. The fourth-order valence-electron chi connectivity index (χ4n) is 3.49. The molecule has 0 bridgehead atoms. The third-order valence-corrected chi connectivity index (χ3v) is 5.89. The Labute approximate surface area is 164 Å². The summed E-state index contributed by atoms with van der Waals surface area (Å²) in [5.74, 6) is -1.93. The maximum atomic E-state index is 12.2. The average molecular weight is 420 g/mol. The van der Waals surface area contributed by atoms with Crippen molar-refractivity contribution < 1.29 is 32.6 Å². The van der Waals surface area contributed by atoms with Crippen LogP contribution in [0.2, 0.25) is 0 Å². The van der Waals surface area contributed by atoms with Crippen molar-refractivity contribution in [1.29, 1.82) is 0 Å². The summed E-state index contributed by atoms with van der Waals surface area (Å²) in [6.07, 6.45) is -0.618.